The standard InChI is InChI=1S/C19H36O2Si2/c1-18(2,3)23(9,10)21-17(12-15-22(6,7)8)16-19(4,5)13-11-14-20/h17,20H,14,16H2,1-10H3. The first kappa shape index (κ1) is 22.5. The van der Waals surface area contributed by atoms with Crippen LogP contribution in [0.5, 0.6) is 0 Å². The second kappa shape index (κ2) is 8.03. The van der Waals surface area contributed by atoms with Crippen LogP contribution in [0.2, 0.25) is 37.8 Å². The zero-order valence-electron chi connectivity index (χ0n) is 16.8. The molecule has 0 heterocycles. The van der Waals surface area contributed by atoms with Crippen LogP contribution in [-0.4, -0.2) is 34.2 Å². The lowest BCUT2D eigenvalue weighted by Gasteiger charge is -2.39. The summed E-state index contributed by atoms with van der Waals surface area (Å²) in [5.41, 5.74) is 3.24. The van der Waals surface area contributed by atoms with Crippen molar-refractivity contribution in [3.8, 4) is 23.3 Å². The minimum absolute atomic E-state index is 0.0920. The quantitative estimate of drug-likeness (QED) is 0.588. The van der Waals surface area contributed by atoms with Gasteiger partial charge in [0.2, 0.25) is 0 Å². The summed E-state index contributed by atoms with van der Waals surface area (Å²) in [6.07, 6.45) is 0.676. The second-order valence-corrected chi connectivity index (χ2v) is 18.9. The van der Waals surface area contributed by atoms with E-state index in [4.69, 9.17) is 9.53 Å². The summed E-state index contributed by atoms with van der Waals surface area (Å²) in [6.45, 7) is 22.1. The van der Waals surface area contributed by atoms with Gasteiger partial charge in [-0.1, -0.05) is 58.2 Å². The lowest BCUT2D eigenvalue weighted by Crippen LogP contribution is -2.44. The molecule has 0 spiro atoms. The van der Waals surface area contributed by atoms with E-state index in [9.17, 15) is 0 Å². The number of rotatable bonds is 4. The molecule has 1 N–H and O–H groups in total. The number of aliphatic hydroxyl groups is 1. The molecule has 0 amide bonds. The molecule has 0 aromatic carbocycles. The highest BCUT2D eigenvalue weighted by molar-refractivity contribution is 6.83. The smallest absolute Gasteiger partial charge is 0.193 e. The molecule has 0 aliphatic heterocycles. The molecule has 0 bridgehead atoms. The summed E-state index contributed by atoms with van der Waals surface area (Å²) in [5, 5.41) is 9.11. The number of aliphatic hydroxyl groups excluding tert-OH is 1. The molecular formula is C19H36O2Si2. The van der Waals surface area contributed by atoms with Crippen LogP contribution in [0.4, 0.5) is 0 Å². The Morgan fingerprint density at radius 2 is 1.52 bits per heavy atom. The van der Waals surface area contributed by atoms with Gasteiger partial charge in [-0.2, -0.15) is 0 Å². The maximum atomic E-state index is 8.95. The van der Waals surface area contributed by atoms with E-state index in [-0.39, 0.29) is 23.2 Å². The Bertz CT molecular complexity index is 500. The molecule has 2 nitrogen and oxygen atoms in total. The molecule has 4 heteroatoms. The Kier molecular flexibility index (Phi) is 7.85. The Balaban J connectivity index is 5.45. The molecule has 1 atom stereocenters. The van der Waals surface area contributed by atoms with Gasteiger partial charge in [0.15, 0.2) is 8.32 Å². The van der Waals surface area contributed by atoms with E-state index in [0.29, 0.717) is 0 Å². The zero-order chi connectivity index (χ0) is 18.5. The Morgan fingerprint density at radius 1 is 1.00 bits per heavy atom. The average Bonchev–Trinajstić information content (AvgIpc) is 2.30. The maximum Gasteiger partial charge on any atom is 0.193 e. The van der Waals surface area contributed by atoms with Crippen LogP contribution in [0.15, 0.2) is 0 Å². The van der Waals surface area contributed by atoms with Gasteiger partial charge < -0.3 is 9.53 Å². The average molecular weight is 353 g/mol. The molecule has 1 unspecified atom stereocenters. The highest BCUT2D eigenvalue weighted by Crippen LogP contribution is 2.38. The first-order valence-electron chi connectivity index (χ1n) is 8.41. The van der Waals surface area contributed by atoms with E-state index in [1.165, 1.54) is 0 Å². The predicted octanol–water partition coefficient (Wildman–Crippen LogP) is 4.67. The van der Waals surface area contributed by atoms with Crippen LogP contribution in [0, 0.1) is 28.7 Å². The van der Waals surface area contributed by atoms with Gasteiger partial charge in [0, 0.05) is 5.41 Å². The van der Waals surface area contributed by atoms with E-state index in [2.05, 4.69) is 90.7 Å². The van der Waals surface area contributed by atoms with Crippen molar-refractivity contribution in [1.82, 2.24) is 0 Å². The van der Waals surface area contributed by atoms with Crippen molar-refractivity contribution >= 4 is 16.4 Å². The van der Waals surface area contributed by atoms with Crippen LogP contribution < -0.4 is 0 Å². The maximum absolute atomic E-state index is 8.95. The van der Waals surface area contributed by atoms with Crippen molar-refractivity contribution in [2.75, 3.05) is 6.61 Å². The van der Waals surface area contributed by atoms with Crippen LogP contribution in [-0.2, 0) is 4.43 Å². The van der Waals surface area contributed by atoms with Crippen molar-refractivity contribution in [1.29, 1.82) is 0 Å². The molecule has 23 heavy (non-hydrogen) atoms. The molecule has 0 saturated heterocycles. The number of hydrogen-bond acceptors (Lipinski definition) is 2. The normalized spacial score (nSPS) is 14.4. The molecule has 0 fully saturated rings. The van der Waals surface area contributed by atoms with Crippen molar-refractivity contribution < 1.29 is 9.53 Å². The highest BCUT2D eigenvalue weighted by Gasteiger charge is 2.39. The van der Waals surface area contributed by atoms with Crippen LogP contribution in [0.1, 0.15) is 41.0 Å². The summed E-state index contributed by atoms with van der Waals surface area (Å²) in [6, 6.07) is 0. The highest BCUT2D eigenvalue weighted by atomic mass is 28.4. The minimum atomic E-state index is -1.88. The molecule has 0 saturated carbocycles. The molecule has 0 aromatic heterocycles. The molecular weight excluding hydrogens is 316 g/mol. The Morgan fingerprint density at radius 3 is 1.91 bits per heavy atom. The third kappa shape index (κ3) is 9.37. The fourth-order valence-corrected chi connectivity index (χ4v) is 3.55. The molecule has 0 rings (SSSR count). The predicted molar refractivity (Wildman–Crippen MR) is 106 cm³/mol. The van der Waals surface area contributed by atoms with Crippen molar-refractivity contribution in [3.05, 3.63) is 0 Å². The molecule has 0 aromatic rings. The van der Waals surface area contributed by atoms with E-state index < -0.39 is 16.4 Å². The van der Waals surface area contributed by atoms with E-state index in [1.807, 2.05) is 0 Å². The summed E-state index contributed by atoms with van der Waals surface area (Å²) in [7, 11) is -3.32. The second-order valence-electron chi connectivity index (χ2n) is 9.43. The summed E-state index contributed by atoms with van der Waals surface area (Å²) < 4.78 is 6.57. The first-order chi connectivity index (χ1) is 10.1. The van der Waals surface area contributed by atoms with E-state index in [0.717, 1.165) is 6.42 Å². The molecule has 0 radical (unpaired) electrons. The van der Waals surface area contributed by atoms with Gasteiger partial charge in [-0.15, -0.1) is 5.54 Å². The van der Waals surface area contributed by atoms with Crippen LogP contribution in [0.3, 0.4) is 0 Å². The fraction of sp³-hybridized carbons (Fsp3) is 0.789. The molecule has 0 aliphatic rings. The van der Waals surface area contributed by atoms with Gasteiger partial charge in [-0.25, -0.2) is 0 Å². The van der Waals surface area contributed by atoms with Gasteiger partial charge in [0.1, 0.15) is 20.8 Å². The van der Waals surface area contributed by atoms with Gasteiger partial charge >= 0.3 is 0 Å². The van der Waals surface area contributed by atoms with E-state index in [1.54, 1.807) is 0 Å². The van der Waals surface area contributed by atoms with Gasteiger partial charge in [-0.05, 0) is 38.4 Å². The van der Waals surface area contributed by atoms with Crippen molar-refractivity contribution in [3.63, 3.8) is 0 Å². The zero-order valence-corrected chi connectivity index (χ0v) is 18.8. The minimum Gasteiger partial charge on any atom is -0.403 e. The van der Waals surface area contributed by atoms with Gasteiger partial charge in [0.05, 0.1) is 0 Å². The fourth-order valence-electron chi connectivity index (χ4n) is 1.74. The summed E-state index contributed by atoms with van der Waals surface area (Å²) in [4.78, 5) is 0. The Labute approximate surface area is 146 Å². The SMILES string of the molecule is CC(C)(C#CCO)CC(C#C[Si](C)(C)C)O[Si](C)(C)C(C)(C)C. The Hall–Kier alpha value is -0.526. The van der Waals surface area contributed by atoms with Crippen LogP contribution in [0.25, 0.3) is 0 Å². The van der Waals surface area contributed by atoms with Crippen LogP contribution >= 0.6 is 0 Å². The monoisotopic (exact) mass is 352 g/mol. The largest absolute Gasteiger partial charge is 0.403 e. The van der Waals surface area contributed by atoms with Crippen molar-refractivity contribution in [2.45, 2.75) is 84.9 Å². The lowest BCUT2D eigenvalue weighted by molar-refractivity contribution is 0.189. The summed E-state index contributed by atoms with van der Waals surface area (Å²) in [5.74, 6) is 9.34. The third-order valence-electron chi connectivity index (χ3n) is 4.05. The lowest BCUT2D eigenvalue weighted by atomic mass is 9.87. The van der Waals surface area contributed by atoms with Gasteiger partial charge in [-0.3, -0.25) is 0 Å². The van der Waals surface area contributed by atoms with Crippen molar-refractivity contribution in [2.24, 2.45) is 5.41 Å². The summed E-state index contributed by atoms with van der Waals surface area (Å²) >= 11 is 0. The molecule has 132 valence electrons. The van der Waals surface area contributed by atoms with E-state index >= 15 is 0 Å². The topological polar surface area (TPSA) is 29.5 Å². The van der Waals surface area contributed by atoms with Gasteiger partial charge in [0.25, 0.3) is 0 Å². The number of hydrogen-bond donors (Lipinski definition) is 1. The first-order valence-corrected chi connectivity index (χ1v) is 14.8. The molecule has 0 aliphatic carbocycles. The third-order valence-corrected chi connectivity index (χ3v) is 9.43.